The fraction of sp³-hybridized carbons (Fsp3) is 0.588. The Bertz CT molecular complexity index is 701. The average Bonchev–Trinajstić information content (AvgIpc) is 2.68. The minimum Gasteiger partial charge on any atom is -0.478 e. The van der Waals surface area contributed by atoms with Crippen molar-refractivity contribution in [3.05, 3.63) is 23.7 Å². The third kappa shape index (κ3) is 3.94. The van der Waals surface area contributed by atoms with Gasteiger partial charge in [-0.15, -0.1) is 5.10 Å². The Kier molecular flexibility index (Phi) is 5.57. The molecule has 1 aliphatic rings. The van der Waals surface area contributed by atoms with E-state index in [-0.39, 0.29) is 0 Å². The quantitative estimate of drug-likeness (QED) is 0.781. The summed E-state index contributed by atoms with van der Waals surface area (Å²) in [5.41, 5.74) is 2.04. The molecule has 134 valence electrons. The van der Waals surface area contributed by atoms with Crippen molar-refractivity contribution >= 4 is 11.9 Å². The van der Waals surface area contributed by atoms with Crippen LogP contribution in [0.15, 0.2) is 12.3 Å². The zero-order valence-corrected chi connectivity index (χ0v) is 15.1. The minimum absolute atomic E-state index is 0.599. The summed E-state index contributed by atoms with van der Waals surface area (Å²) in [5, 5.41) is 8.66. The predicted octanol–water partition coefficient (Wildman–Crippen LogP) is 1.51. The summed E-state index contributed by atoms with van der Waals surface area (Å²) in [6.07, 6.45) is 3.48. The monoisotopic (exact) mass is 343 g/mol. The van der Waals surface area contributed by atoms with Gasteiger partial charge in [0.25, 0.3) is 0 Å². The molecule has 25 heavy (non-hydrogen) atoms. The van der Waals surface area contributed by atoms with E-state index >= 15 is 0 Å². The standard InChI is InChI=1S/C17H25N7O/c1-4-13-14(5-2)21-22-17(19-13)24-11-9-23(10-12-24)16-18-8-7-15(20-16)25-6-3/h7-8H,4-6,9-12H2,1-3H3. The molecule has 0 bridgehead atoms. The SMILES string of the molecule is CCOc1ccnc(N2CCN(c3nnc(CC)c(CC)n3)CC2)n1. The van der Waals surface area contributed by atoms with E-state index in [0.29, 0.717) is 18.4 Å². The summed E-state index contributed by atoms with van der Waals surface area (Å²) in [4.78, 5) is 17.9. The van der Waals surface area contributed by atoms with Crippen LogP contribution in [0, 0.1) is 0 Å². The van der Waals surface area contributed by atoms with Gasteiger partial charge in [-0.3, -0.25) is 0 Å². The van der Waals surface area contributed by atoms with Crippen LogP contribution < -0.4 is 14.5 Å². The van der Waals surface area contributed by atoms with Crippen LogP contribution in [-0.4, -0.2) is 57.9 Å². The topological polar surface area (TPSA) is 80.2 Å². The van der Waals surface area contributed by atoms with Crippen LogP contribution >= 0.6 is 0 Å². The van der Waals surface area contributed by atoms with Crippen molar-refractivity contribution in [3.63, 3.8) is 0 Å². The first-order valence-electron chi connectivity index (χ1n) is 8.93. The number of anilines is 2. The molecule has 0 atom stereocenters. The first kappa shape index (κ1) is 17.3. The molecule has 0 unspecified atom stereocenters. The fourth-order valence-electron chi connectivity index (χ4n) is 2.88. The summed E-state index contributed by atoms with van der Waals surface area (Å²) in [5.74, 6) is 2.04. The van der Waals surface area contributed by atoms with Gasteiger partial charge in [0.05, 0.1) is 18.0 Å². The molecule has 8 heteroatoms. The Balaban J connectivity index is 1.66. The zero-order valence-electron chi connectivity index (χ0n) is 15.1. The molecule has 1 saturated heterocycles. The van der Waals surface area contributed by atoms with Crippen LogP contribution in [0.3, 0.4) is 0 Å². The normalized spacial score (nSPS) is 14.7. The van der Waals surface area contributed by atoms with Gasteiger partial charge < -0.3 is 14.5 Å². The van der Waals surface area contributed by atoms with Gasteiger partial charge in [-0.25, -0.2) is 9.97 Å². The van der Waals surface area contributed by atoms with Crippen molar-refractivity contribution in [2.45, 2.75) is 33.6 Å². The Hall–Kier alpha value is -2.51. The van der Waals surface area contributed by atoms with E-state index in [0.717, 1.165) is 56.4 Å². The van der Waals surface area contributed by atoms with Gasteiger partial charge in [0.2, 0.25) is 17.8 Å². The molecule has 0 saturated carbocycles. The minimum atomic E-state index is 0.599. The van der Waals surface area contributed by atoms with Gasteiger partial charge in [-0.2, -0.15) is 10.1 Å². The number of hydrogen-bond acceptors (Lipinski definition) is 8. The molecule has 3 heterocycles. The lowest BCUT2D eigenvalue weighted by atomic mass is 10.2. The maximum absolute atomic E-state index is 5.46. The van der Waals surface area contributed by atoms with E-state index in [4.69, 9.17) is 9.72 Å². The molecule has 1 fully saturated rings. The Morgan fingerprint density at radius 2 is 1.56 bits per heavy atom. The molecule has 1 aliphatic heterocycles. The third-order valence-corrected chi connectivity index (χ3v) is 4.25. The zero-order chi connectivity index (χ0) is 17.6. The second-order valence-electron chi connectivity index (χ2n) is 5.81. The molecule has 2 aromatic heterocycles. The van der Waals surface area contributed by atoms with Gasteiger partial charge >= 0.3 is 0 Å². The van der Waals surface area contributed by atoms with Gasteiger partial charge in [-0.05, 0) is 19.8 Å². The largest absolute Gasteiger partial charge is 0.478 e. The van der Waals surface area contributed by atoms with Crippen LogP contribution in [0.5, 0.6) is 5.88 Å². The van der Waals surface area contributed by atoms with Crippen molar-refractivity contribution in [1.29, 1.82) is 0 Å². The molecule has 3 rings (SSSR count). The lowest BCUT2D eigenvalue weighted by Crippen LogP contribution is -2.47. The van der Waals surface area contributed by atoms with E-state index < -0.39 is 0 Å². The summed E-state index contributed by atoms with van der Waals surface area (Å²) in [7, 11) is 0. The van der Waals surface area contributed by atoms with Crippen LogP contribution in [0.4, 0.5) is 11.9 Å². The first-order chi connectivity index (χ1) is 12.2. The molecule has 0 aliphatic carbocycles. The van der Waals surface area contributed by atoms with Crippen molar-refractivity contribution < 1.29 is 4.74 Å². The Morgan fingerprint density at radius 3 is 2.20 bits per heavy atom. The van der Waals surface area contributed by atoms with E-state index in [1.54, 1.807) is 12.3 Å². The maximum atomic E-state index is 5.46. The molecule has 0 spiro atoms. The molecule has 0 aromatic carbocycles. The van der Waals surface area contributed by atoms with Gasteiger partial charge in [0, 0.05) is 38.4 Å². The van der Waals surface area contributed by atoms with E-state index in [9.17, 15) is 0 Å². The highest BCUT2D eigenvalue weighted by Gasteiger charge is 2.22. The highest BCUT2D eigenvalue weighted by atomic mass is 16.5. The summed E-state index contributed by atoms with van der Waals surface area (Å²) in [6, 6.07) is 1.78. The number of aromatic nitrogens is 5. The van der Waals surface area contributed by atoms with Gasteiger partial charge in [0.1, 0.15) is 0 Å². The lowest BCUT2D eigenvalue weighted by molar-refractivity contribution is 0.326. The van der Waals surface area contributed by atoms with E-state index in [2.05, 4.69) is 43.8 Å². The smallest absolute Gasteiger partial charge is 0.245 e. The van der Waals surface area contributed by atoms with Crippen molar-refractivity contribution in [2.24, 2.45) is 0 Å². The molecule has 0 N–H and O–H groups in total. The van der Waals surface area contributed by atoms with Crippen LogP contribution in [0.2, 0.25) is 0 Å². The number of aryl methyl sites for hydroxylation is 2. The predicted molar refractivity (Wildman–Crippen MR) is 96.2 cm³/mol. The van der Waals surface area contributed by atoms with Crippen LogP contribution in [0.1, 0.15) is 32.2 Å². The number of piperazine rings is 1. The molecular formula is C17H25N7O. The third-order valence-electron chi connectivity index (χ3n) is 4.25. The second-order valence-corrected chi connectivity index (χ2v) is 5.81. The van der Waals surface area contributed by atoms with E-state index in [1.807, 2.05) is 6.92 Å². The Morgan fingerprint density at radius 1 is 0.880 bits per heavy atom. The van der Waals surface area contributed by atoms with Crippen LogP contribution in [-0.2, 0) is 12.8 Å². The number of rotatable bonds is 6. The van der Waals surface area contributed by atoms with Crippen LogP contribution in [0.25, 0.3) is 0 Å². The highest BCUT2D eigenvalue weighted by Crippen LogP contribution is 2.17. The summed E-state index contributed by atoms with van der Waals surface area (Å²) >= 11 is 0. The molecule has 2 aromatic rings. The summed E-state index contributed by atoms with van der Waals surface area (Å²) in [6.45, 7) is 10.0. The number of ether oxygens (including phenoxy) is 1. The average molecular weight is 343 g/mol. The maximum Gasteiger partial charge on any atom is 0.245 e. The lowest BCUT2D eigenvalue weighted by Gasteiger charge is -2.34. The molecular weight excluding hydrogens is 318 g/mol. The van der Waals surface area contributed by atoms with Crippen molar-refractivity contribution in [2.75, 3.05) is 42.6 Å². The van der Waals surface area contributed by atoms with E-state index in [1.165, 1.54) is 0 Å². The number of nitrogens with zero attached hydrogens (tertiary/aromatic N) is 7. The van der Waals surface area contributed by atoms with Gasteiger partial charge in [0.15, 0.2) is 0 Å². The second kappa shape index (κ2) is 8.04. The van der Waals surface area contributed by atoms with Gasteiger partial charge in [-0.1, -0.05) is 13.8 Å². The fourth-order valence-corrected chi connectivity index (χ4v) is 2.88. The summed E-state index contributed by atoms with van der Waals surface area (Å²) < 4.78 is 5.46. The Labute approximate surface area is 148 Å². The van der Waals surface area contributed by atoms with Crippen molar-refractivity contribution in [3.8, 4) is 5.88 Å². The number of hydrogen-bond donors (Lipinski definition) is 0. The molecule has 0 radical (unpaired) electrons. The first-order valence-corrected chi connectivity index (χ1v) is 8.93. The van der Waals surface area contributed by atoms with Crippen molar-refractivity contribution in [1.82, 2.24) is 25.1 Å². The highest BCUT2D eigenvalue weighted by molar-refractivity contribution is 5.38. The molecule has 8 nitrogen and oxygen atoms in total. The molecule has 0 amide bonds.